The Bertz CT molecular complexity index is 744. The number of rotatable bonds is 10. The Labute approximate surface area is 161 Å². The molecular weight excluding hydrogens is 344 g/mol. The monoisotopic (exact) mass is 372 g/mol. The standard InChI is InChI=1S/C22H28O5/c1-7-8-16-9-10-18(19(12-16)23-3)27-15(2)11-17-13-20(24-4)22(26-6)21(14-17)25-5/h7,9-10,12-15H,1,8,11H2,2-6H3/t15-/m0/s1. The van der Waals surface area contributed by atoms with E-state index in [4.69, 9.17) is 23.7 Å². The Balaban J connectivity index is 2.18. The molecule has 0 N–H and O–H groups in total. The van der Waals surface area contributed by atoms with Crippen molar-refractivity contribution in [1.82, 2.24) is 0 Å². The van der Waals surface area contributed by atoms with Crippen molar-refractivity contribution in [3.63, 3.8) is 0 Å². The van der Waals surface area contributed by atoms with Crippen LogP contribution in [0.2, 0.25) is 0 Å². The lowest BCUT2D eigenvalue weighted by molar-refractivity contribution is 0.211. The summed E-state index contributed by atoms with van der Waals surface area (Å²) in [5, 5.41) is 0. The summed E-state index contributed by atoms with van der Waals surface area (Å²) in [7, 11) is 6.45. The molecule has 0 bridgehead atoms. The van der Waals surface area contributed by atoms with Crippen LogP contribution in [0.5, 0.6) is 28.7 Å². The Morgan fingerprint density at radius 3 is 1.93 bits per heavy atom. The second kappa shape index (κ2) is 9.76. The highest BCUT2D eigenvalue weighted by Gasteiger charge is 2.16. The summed E-state index contributed by atoms with van der Waals surface area (Å²) < 4.78 is 27.8. The first-order valence-corrected chi connectivity index (χ1v) is 8.79. The fourth-order valence-corrected chi connectivity index (χ4v) is 2.95. The molecule has 146 valence electrons. The van der Waals surface area contributed by atoms with E-state index in [9.17, 15) is 0 Å². The molecule has 2 rings (SSSR count). The van der Waals surface area contributed by atoms with Crippen molar-refractivity contribution >= 4 is 0 Å². The Morgan fingerprint density at radius 1 is 0.815 bits per heavy atom. The SMILES string of the molecule is C=CCc1ccc(O[C@@H](C)Cc2cc(OC)c(OC)c(OC)c2)c(OC)c1. The predicted octanol–water partition coefficient (Wildman–Crippen LogP) is 4.46. The third-order valence-electron chi connectivity index (χ3n) is 4.18. The minimum Gasteiger partial charge on any atom is -0.493 e. The Kier molecular flexibility index (Phi) is 7.41. The van der Waals surface area contributed by atoms with Gasteiger partial charge in [0.1, 0.15) is 6.10 Å². The van der Waals surface area contributed by atoms with Gasteiger partial charge in [0.05, 0.1) is 28.4 Å². The molecule has 0 aliphatic carbocycles. The Hall–Kier alpha value is -2.82. The number of ether oxygens (including phenoxy) is 5. The van der Waals surface area contributed by atoms with Gasteiger partial charge in [0.2, 0.25) is 5.75 Å². The average Bonchev–Trinajstić information content (AvgIpc) is 2.68. The molecule has 0 spiro atoms. The largest absolute Gasteiger partial charge is 0.493 e. The molecule has 5 nitrogen and oxygen atoms in total. The van der Waals surface area contributed by atoms with Gasteiger partial charge in [-0.05, 0) is 48.7 Å². The van der Waals surface area contributed by atoms with Crippen molar-refractivity contribution in [3.05, 3.63) is 54.1 Å². The first-order valence-electron chi connectivity index (χ1n) is 8.79. The van der Waals surface area contributed by atoms with Gasteiger partial charge >= 0.3 is 0 Å². The highest BCUT2D eigenvalue weighted by Crippen LogP contribution is 2.38. The third kappa shape index (κ3) is 5.09. The lowest BCUT2D eigenvalue weighted by Gasteiger charge is -2.19. The van der Waals surface area contributed by atoms with Gasteiger partial charge in [-0.2, -0.15) is 0 Å². The molecular formula is C22H28O5. The van der Waals surface area contributed by atoms with Crippen LogP contribution >= 0.6 is 0 Å². The summed E-state index contributed by atoms with van der Waals surface area (Å²) >= 11 is 0. The van der Waals surface area contributed by atoms with Gasteiger partial charge in [-0.3, -0.25) is 0 Å². The summed E-state index contributed by atoms with van der Waals surface area (Å²) in [4.78, 5) is 0. The van der Waals surface area contributed by atoms with Crippen LogP contribution in [0.25, 0.3) is 0 Å². The van der Waals surface area contributed by atoms with E-state index < -0.39 is 0 Å². The fourth-order valence-electron chi connectivity index (χ4n) is 2.95. The summed E-state index contributed by atoms with van der Waals surface area (Å²) in [5.74, 6) is 3.27. The highest BCUT2D eigenvalue weighted by molar-refractivity contribution is 5.54. The van der Waals surface area contributed by atoms with Gasteiger partial charge in [0, 0.05) is 6.42 Å². The van der Waals surface area contributed by atoms with E-state index in [2.05, 4.69) is 6.58 Å². The van der Waals surface area contributed by atoms with Gasteiger partial charge < -0.3 is 23.7 Å². The highest BCUT2D eigenvalue weighted by atomic mass is 16.5. The molecule has 2 aromatic carbocycles. The second-order valence-electron chi connectivity index (χ2n) is 6.14. The van der Waals surface area contributed by atoms with Crippen LogP contribution in [0.15, 0.2) is 43.0 Å². The van der Waals surface area contributed by atoms with Crippen LogP contribution in [0, 0.1) is 0 Å². The summed E-state index contributed by atoms with van der Waals surface area (Å²) in [6.07, 6.45) is 3.25. The Morgan fingerprint density at radius 2 is 1.41 bits per heavy atom. The molecule has 0 heterocycles. The topological polar surface area (TPSA) is 46.2 Å². The van der Waals surface area contributed by atoms with Crippen LogP contribution < -0.4 is 23.7 Å². The van der Waals surface area contributed by atoms with Crippen molar-refractivity contribution in [3.8, 4) is 28.7 Å². The lowest BCUT2D eigenvalue weighted by Crippen LogP contribution is -2.16. The molecule has 27 heavy (non-hydrogen) atoms. The molecule has 0 saturated heterocycles. The van der Waals surface area contributed by atoms with Gasteiger partial charge in [0.25, 0.3) is 0 Å². The van der Waals surface area contributed by atoms with Crippen molar-refractivity contribution in [2.45, 2.75) is 25.9 Å². The van der Waals surface area contributed by atoms with E-state index >= 15 is 0 Å². The summed E-state index contributed by atoms with van der Waals surface area (Å²) in [5.41, 5.74) is 2.16. The number of hydrogen-bond donors (Lipinski definition) is 0. The minimum absolute atomic E-state index is 0.0769. The number of benzene rings is 2. The van der Waals surface area contributed by atoms with Gasteiger partial charge in [-0.25, -0.2) is 0 Å². The summed E-state index contributed by atoms with van der Waals surface area (Å²) in [6.45, 7) is 5.78. The van der Waals surface area contributed by atoms with E-state index in [0.717, 1.165) is 17.5 Å². The third-order valence-corrected chi connectivity index (χ3v) is 4.18. The maximum atomic E-state index is 6.11. The zero-order valence-corrected chi connectivity index (χ0v) is 16.7. The molecule has 5 heteroatoms. The molecule has 0 aliphatic rings. The van der Waals surface area contributed by atoms with Crippen molar-refractivity contribution in [2.24, 2.45) is 0 Å². The molecule has 0 aromatic heterocycles. The smallest absolute Gasteiger partial charge is 0.203 e. The van der Waals surface area contributed by atoms with Crippen LogP contribution in [0.3, 0.4) is 0 Å². The second-order valence-corrected chi connectivity index (χ2v) is 6.14. The molecule has 0 radical (unpaired) electrons. The quantitative estimate of drug-likeness (QED) is 0.576. The average molecular weight is 372 g/mol. The van der Waals surface area contributed by atoms with E-state index in [1.807, 2.05) is 43.3 Å². The van der Waals surface area contributed by atoms with Crippen molar-refractivity contribution in [2.75, 3.05) is 28.4 Å². The number of allylic oxidation sites excluding steroid dienone is 1. The zero-order valence-electron chi connectivity index (χ0n) is 16.7. The van der Waals surface area contributed by atoms with Crippen LogP contribution in [0.1, 0.15) is 18.1 Å². The van der Waals surface area contributed by atoms with Gasteiger partial charge in [-0.1, -0.05) is 12.1 Å². The van der Waals surface area contributed by atoms with Crippen LogP contribution in [-0.2, 0) is 12.8 Å². The maximum Gasteiger partial charge on any atom is 0.203 e. The molecule has 0 unspecified atom stereocenters. The number of hydrogen-bond acceptors (Lipinski definition) is 5. The van der Waals surface area contributed by atoms with Gasteiger partial charge in [-0.15, -0.1) is 6.58 Å². The molecule has 0 aliphatic heterocycles. The van der Waals surface area contributed by atoms with Crippen molar-refractivity contribution in [1.29, 1.82) is 0 Å². The van der Waals surface area contributed by atoms with E-state index in [-0.39, 0.29) is 6.10 Å². The number of methoxy groups -OCH3 is 4. The maximum absolute atomic E-state index is 6.11. The summed E-state index contributed by atoms with van der Waals surface area (Å²) in [6, 6.07) is 9.80. The van der Waals surface area contributed by atoms with Crippen LogP contribution in [-0.4, -0.2) is 34.5 Å². The van der Waals surface area contributed by atoms with Gasteiger partial charge in [0.15, 0.2) is 23.0 Å². The molecule has 0 amide bonds. The molecule has 0 fully saturated rings. The first kappa shape index (κ1) is 20.5. The van der Waals surface area contributed by atoms with E-state index in [0.29, 0.717) is 35.2 Å². The minimum atomic E-state index is -0.0769. The van der Waals surface area contributed by atoms with E-state index in [1.54, 1.807) is 28.4 Å². The normalized spacial score (nSPS) is 11.4. The molecule has 1 atom stereocenters. The predicted molar refractivity (Wildman–Crippen MR) is 107 cm³/mol. The molecule has 2 aromatic rings. The van der Waals surface area contributed by atoms with E-state index in [1.165, 1.54) is 0 Å². The van der Waals surface area contributed by atoms with Crippen molar-refractivity contribution < 1.29 is 23.7 Å². The molecule has 0 saturated carbocycles. The van der Waals surface area contributed by atoms with Crippen LogP contribution in [0.4, 0.5) is 0 Å². The first-order chi connectivity index (χ1) is 13.1. The zero-order chi connectivity index (χ0) is 19.8. The fraction of sp³-hybridized carbons (Fsp3) is 0.364. The lowest BCUT2D eigenvalue weighted by atomic mass is 10.1.